The lowest BCUT2D eigenvalue weighted by Crippen LogP contribution is -2.46. The second-order valence-corrected chi connectivity index (χ2v) is 8.15. The van der Waals surface area contributed by atoms with Gasteiger partial charge in [-0.1, -0.05) is 25.5 Å². The zero-order valence-corrected chi connectivity index (χ0v) is 17.8. The second-order valence-electron chi connectivity index (χ2n) is 8.15. The molecule has 7 nitrogen and oxygen atoms in total. The van der Waals surface area contributed by atoms with Crippen molar-refractivity contribution in [3.05, 3.63) is 30.1 Å². The van der Waals surface area contributed by atoms with Crippen molar-refractivity contribution in [3.8, 4) is 0 Å². The second kappa shape index (κ2) is 9.87. The number of nitrogens with zero attached hydrogens (tertiary/aromatic N) is 3. The van der Waals surface area contributed by atoms with E-state index in [0.29, 0.717) is 12.6 Å². The summed E-state index contributed by atoms with van der Waals surface area (Å²) in [6.07, 6.45) is 3.99. The van der Waals surface area contributed by atoms with Crippen LogP contribution in [0, 0.1) is 0 Å². The molecule has 0 aliphatic carbocycles. The van der Waals surface area contributed by atoms with Gasteiger partial charge in [0.05, 0.1) is 17.6 Å². The first kappa shape index (κ1) is 21.3. The molecule has 2 N–H and O–H groups in total. The molecule has 29 heavy (non-hydrogen) atoms. The van der Waals surface area contributed by atoms with Crippen LogP contribution in [-0.2, 0) is 4.79 Å². The fourth-order valence-electron chi connectivity index (χ4n) is 4.10. The molecule has 1 saturated heterocycles. The Kier molecular flexibility index (Phi) is 7.25. The summed E-state index contributed by atoms with van der Waals surface area (Å²) in [5.41, 5.74) is 2.19. The molecular formula is C22H33N5O2. The van der Waals surface area contributed by atoms with Crippen LogP contribution in [0.15, 0.2) is 24.3 Å². The maximum absolute atomic E-state index is 12.3. The Morgan fingerprint density at radius 2 is 2.07 bits per heavy atom. The van der Waals surface area contributed by atoms with Crippen LogP contribution < -0.4 is 10.6 Å². The lowest BCUT2D eigenvalue weighted by Gasteiger charge is -2.32. The first-order valence-corrected chi connectivity index (χ1v) is 10.8. The van der Waals surface area contributed by atoms with Crippen LogP contribution in [0.1, 0.15) is 64.2 Å². The number of unbranched alkanes of at least 4 members (excludes halogenated alkanes) is 1. The molecule has 3 rings (SSSR count). The topological polar surface area (TPSA) is 79.3 Å². The molecule has 3 amide bonds. The van der Waals surface area contributed by atoms with Crippen LogP contribution in [0.2, 0.25) is 0 Å². The number of nitrogens with one attached hydrogen (secondary N) is 2. The number of urea groups is 1. The van der Waals surface area contributed by atoms with Crippen LogP contribution in [0.5, 0.6) is 0 Å². The Morgan fingerprint density at radius 1 is 1.28 bits per heavy atom. The summed E-state index contributed by atoms with van der Waals surface area (Å²) < 4.78 is 2.32. The fraction of sp³-hybridized carbons (Fsp3) is 0.591. The number of benzene rings is 1. The molecule has 1 aliphatic rings. The van der Waals surface area contributed by atoms with Gasteiger partial charge in [0.25, 0.3) is 0 Å². The first-order chi connectivity index (χ1) is 14.0. The van der Waals surface area contributed by atoms with Gasteiger partial charge in [0, 0.05) is 25.0 Å². The van der Waals surface area contributed by atoms with E-state index in [0.717, 1.165) is 55.6 Å². The molecular weight excluding hydrogens is 366 g/mol. The van der Waals surface area contributed by atoms with Gasteiger partial charge in [-0.05, 0) is 51.8 Å². The third-order valence-electron chi connectivity index (χ3n) is 5.45. The molecule has 1 aromatic carbocycles. The number of imide groups is 1. The number of para-hydroxylation sites is 2. The largest absolute Gasteiger partial charge is 0.338 e. The molecule has 2 heterocycles. The number of hydrogen-bond acceptors (Lipinski definition) is 4. The van der Waals surface area contributed by atoms with E-state index in [1.807, 2.05) is 6.07 Å². The van der Waals surface area contributed by atoms with Crippen molar-refractivity contribution in [2.24, 2.45) is 0 Å². The summed E-state index contributed by atoms with van der Waals surface area (Å²) in [7, 11) is 0. The molecule has 0 spiro atoms. The SMILES string of the molecule is CCCCNC(=O)NC(=O)CN1CCCC(c2nc3ccccc3n2C(C)C)C1. The minimum Gasteiger partial charge on any atom is -0.338 e. The summed E-state index contributed by atoms with van der Waals surface area (Å²) in [5.74, 6) is 1.13. The number of rotatable bonds is 7. The maximum atomic E-state index is 12.3. The van der Waals surface area contributed by atoms with E-state index in [1.165, 1.54) is 0 Å². The average molecular weight is 400 g/mol. The van der Waals surface area contributed by atoms with Crippen molar-refractivity contribution < 1.29 is 9.59 Å². The number of piperidine rings is 1. The highest BCUT2D eigenvalue weighted by Crippen LogP contribution is 2.31. The van der Waals surface area contributed by atoms with Gasteiger partial charge in [-0.3, -0.25) is 15.0 Å². The molecule has 0 radical (unpaired) electrons. The van der Waals surface area contributed by atoms with E-state index < -0.39 is 6.03 Å². The fourth-order valence-corrected chi connectivity index (χ4v) is 4.10. The van der Waals surface area contributed by atoms with Gasteiger partial charge < -0.3 is 9.88 Å². The Labute approximate surface area is 172 Å². The molecule has 1 atom stereocenters. The molecule has 7 heteroatoms. The number of carbonyl (C=O) groups excluding carboxylic acids is 2. The maximum Gasteiger partial charge on any atom is 0.321 e. The van der Waals surface area contributed by atoms with Crippen LogP contribution >= 0.6 is 0 Å². The average Bonchev–Trinajstić information content (AvgIpc) is 3.08. The molecule has 2 aromatic rings. The molecule has 158 valence electrons. The van der Waals surface area contributed by atoms with Gasteiger partial charge in [-0.2, -0.15) is 0 Å². The zero-order valence-electron chi connectivity index (χ0n) is 17.8. The van der Waals surface area contributed by atoms with Crippen molar-refractivity contribution in [1.82, 2.24) is 25.1 Å². The minimum absolute atomic E-state index is 0.236. The standard InChI is InChI=1S/C22H33N5O2/c1-4-5-12-23-22(29)25-20(28)15-26-13-8-9-17(14-26)21-24-18-10-6-7-11-19(18)27(21)16(2)3/h6-7,10-11,16-17H,4-5,8-9,12-15H2,1-3H3,(H2,23,25,28,29). The highest BCUT2D eigenvalue weighted by molar-refractivity contribution is 5.95. The molecule has 1 aliphatic heterocycles. The van der Waals surface area contributed by atoms with Gasteiger partial charge in [0.15, 0.2) is 0 Å². The lowest BCUT2D eigenvalue weighted by molar-refractivity contribution is -0.121. The van der Waals surface area contributed by atoms with Crippen molar-refractivity contribution >= 4 is 23.0 Å². The van der Waals surface area contributed by atoms with E-state index in [9.17, 15) is 9.59 Å². The van der Waals surface area contributed by atoms with Crippen molar-refractivity contribution in [3.63, 3.8) is 0 Å². The minimum atomic E-state index is -0.404. The smallest absolute Gasteiger partial charge is 0.321 e. The van der Waals surface area contributed by atoms with Crippen LogP contribution in [-0.4, -0.2) is 52.6 Å². The van der Waals surface area contributed by atoms with Crippen LogP contribution in [0.3, 0.4) is 0 Å². The summed E-state index contributed by atoms with van der Waals surface area (Å²) in [5, 5.41) is 5.16. The predicted molar refractivity (Wildman–Crippen MR) is 115 cm³/mol. The molecule has 1 unspecified atom stereocenters. The third-order valence-corrected chi connectivity index (χ3v) is 5.45. The van der Waals surface area contributed by atoms with E-state index >= 15 is 0 Å². The van der Waals surface area contributed by atoms with Crippen molar-refractivity contribution in [2.45, 2.75) is 58.4 Å². The lowest BCUT2D eigenvalue weighted by atomic mass is 9.97. The Balaban J connectivity index is 1.64. The van der Waals surface area contributed by atoms with E-state index in [1.54, 1.807) is 0 Å². The summed E-state index contributed by atoms with van der Waals surface area (Å²) in [6, 6.07) is 8.17. The summed E-state index contributed by atoms with van der Waals surface area (Å²) in [6.45, 7) is 8.90. The number of carbonyl (C=O) groups is 2. The van der Waals surface area contributed by atoms with Gasteiger partial charge in [-0.15, -0.1) is 0 Å². The number of imidazole rings is 1. The molecule has 0 saturated carbocycles. The van der Waals surface area contributed by atoms with Gasteiger partial charge in [-0.25, -0.2) is 9.78 Å². The van der Waals surface area contributed by atoms with Gasteiger partial charge in [0.2, 0.25) is 5.91 Å². The molecule has 1 aromatic heterocycles. The number of fused-ring (bicyclic) bond motifs is 1. The van der Waals surface area contributed by atoms with Crippen LogP contribution in [0.25, 0.3) is 11.0 Å². The van der Waals surface area contributed by atoms with Gasteiger partial charge in [0.1, 0.15) is 5.82 Å². The van der Waals surface area contributed by atoms with Crippen molar-refractivity contribution in [2.75, 3.05) is 26.2 Å². The Morgan fingerprint density at radius 3 is 2.83 bits per heavy atom. The van der Waals surface area contributed by atoms with E-state index in [2.05, 4.69) is 59.1 Å². The third kappa shape index (κ3) is 5.35. The quantitative estimate of drug-likeness (QED) is 0.699. The van der Waals surface area contributed by atoms with Crippen LogP contribution in [0.4, 0.5) is 4.79 Å². The van der Waals surface area contributed by atoms with Gasteiger partial charge >= 0.3 is 6.03 Å². The monoisotopic (exact) mass is 399 g/mol. The number of amides is 3. The normalized spacial score (nSPS) is 17.6. The Bertz CT molecular complexity index is 845. The molecule has 1 fully saturated rings. The van der Waals surface area contributed by atoms with Crippen molar-refractivity contribution in [1.29, 1.82) is 0 Å². The highest BCUT2D eigenvalue weighted by atomic mass is 16.2. The number of aromatic nitrogens is 2. The van der Waals surface area contributed by atoms with E-state index in [-0.39, 0.29) is 18.4 Å². The highest BCUT2D eigenvalue weighted by Gasteiger charge is 2.28. The summed E-state index contributed by atoms with van der Waals surface area (Å²) in [4.78, 5) is 31.1. The molecule has 0 bridgehead atoms. The predicted octanol–water partition coefficient (Wildman–Crippen LogP) is 3.42. The zero-order chi connectivity index (χ0) is 20.8. The Hall–Kier alpha value is -2.41. The first-order valence-electron chi connectivity index (χ1n) is 10.8. The van der Waals surface area contributed by atoms with E-state index in [4.69, 9.17) is 4.98 Å². The summed E-state index contributed by atoms with van der Waals surface area (Å²) >= 11 is 0. The number of likely N-dealkylation sites (tertiary alicyclic amines) is 1. The number of hydrogen-bond donors (Lipinski definition) is 2.